The van der Waals surface area contributed by atoms with Gasteiger partial charge in [-0.25, -0.2) is 8.42 Å². The summed E-state index contributed by atoms with van der Waals surface area (Å²) in [4.78, 5) is 0.261. The number of thioether (sulfide) groups is 1. The van der Waals surface area contributed by atoms with Gasteiger partial charge in [0.2, 0.25) is 5.16 Å². The highest BCUT2D eigenvalue weighted by molar-refractivity contribution is 8.00. The lowest BCUT2D eigenvalue weighted by Crippen LogP contribution is -2.09. The molecule has 0 saturated carbocycles. The van der Waals surface area contributed by atoms with Gasteiger partial charge in [-0.05, 0) is 58.3 Å². The second kappa shape index (κ2) is 8.41. The zero-order valence-corrected chi connectivity index (χ0v) is 17.3. The number of tetrazole rings is 1. The third-order valence-electron chi connectivity index (χ3n) is 4.00. The third-order valence-corrected chi connectivity index (χ3v) is 7.16. The monoisotopic (exact) mass is 422 g/mol. The van der Waals surface area contributed by atoms with Gasteiger partial charge < -0.3 is 0 Å². The maximum Gasteiger partial charge on any atom is 0.214 e. The summed E-state index contributed by atoms with van der Waals surface area (Å²) < 4.78 is 26.4. The molecule has 3 aromatic rings. The van der Waals surface area contributed by atoms with Crippen LogP contribution < -0.4 is 0 Å². The van der Waals surface area contributed by atoms with E-state index < -0.39 is 9.84 Å². The smallest absolute Gasteiger partial charge is 0.214 e. The summed E-state index contributed by atoms with van der Waals surface area (Å²) in [6, 6.07) is 14.2. The summed E-state index contributed by atoms with van der Waals surface area (Å²) in [5.41, 5.74) is 2.07. The second-order valence-corrected chi connectivity index (χ2v) is 9.85. The first-order chi connectivity index (χ1) is 12.9. The minimum Gasteiger partial charge on any atom is -0.224 e. The lowest BCUT2D eigenvalue weighted by molar-refractivity contribution is 0.597. The molecule has 0 spiro atoms. The zero-order valence-electron chi connectivity index (χ0n) is 14.9. The number of hydrogen-bond donors (Lipinski definition) is 0. The van der Waals surface area contributed by atoms with Crippen molar-refractivity contribution in [3.63, 3.8) is 0 Å². The summed E-state index contributed by atoms with van der Waals surface area (Å²) in [5, 5.41) is 12.8. The highest BCUT2D eigenvalue weighted by Crippen LogP contribution is 2.22. The first kappa shape index (κ1) is 19.9. The van der Waals surface area contributed by atoms with Gasteiger partial charge in [-0.15, -0.1) is 5.10 Å². The molecule has 0 amide bonds. The molecule has 142 valence electrons. The van der Waals surface area contributed by atoms with Gasteiger partial charge >= 0.3 is 0 Å². The SMILES string of the molecule is CC(C)c1ccc(-n2nnnc2SCCS(=O)(=O)c2ccc(Cl)cc2)cc1. The molecule has 0 unspecified atom stereocenters. The Kier molecular flexibility index (Phi) is 6.18. The van der Waals surface area contributed by atoms with Gasteiger partial charge in [0.05, 0.1) is 16.3 Å². The van der Waals surface area contributed by atoms with Crippen molar-refractivity contribution >= 4 is 33.2 Å². The Hall–Kier alpha value is -1.90. The van der Waals surface area contributed by atoms with Crippen LogP contribution in [0.25, 0.3) is 5.69 Å². The van der Waals surface area contributed by atoms with Gasteiger partial charge in [-0.3, -0.25) is 0 Å². The molecule has 6 nitrogen and oxygen atoms in total. The molecule has 9 heteroatoms. The van der Waals surface area contributed by atoms with Crippen LogP contribution >= 0.6 is 23.4 Å². The molecule has 0 bridgehead atoms. The fourth-order valence-electron chi connectivity index (χ4n) is 2.43. The molecule has 0 fully saturated rings. The van der Waals surface area contributed by atoms with E-state index in [1.54, 1.807) is 16.8 Å². The van der Waals surface area contributed by atoms with Crippen LogP contribution in [0.5, 0.6) is 0 Å². The van der Waals surface area contributed by atoms with E-state index in [4.69, 9.17) is 11.6 Å². The normalized spacial score (nSPS) is 11.9. The summed E-state index contributed by atoms with van der Waals surface area (Å²) in [5.74, 6) is 0.772. The largest absolute Gasteiger partial charge is 0.224 e. The molecule has 0 aliphatic heterocycles. The Labute approximate surface area is 167 Å². The molecule has 0 radical (unpaired) electrons. The third kappa shape index (κ3) is 4.88. The number of nitrogens with zero attached hydrogens (tertiary/aromatic N) is 4. The van der Waals surface area contributed by atoms with Crippen LogP contribution in [0.2, 0.25) is 5.02 Å². The molecule has 0 atom stereocenters. The first-order valence-corrected chi connectivity index (χ1v) is 11.4. The standard InChI is InChI=1S/C18H19ClN4O2S2/c1-13(2)14-3-7-16(8-4-14)23-18(20-21-22-23)26-11-12-27(24,25)17-9-5-15(19)6-10-17/h3-10,13H,11-12H2,1-2H3. The maximum absolute atomic E-state index is 12.4. The summed E-state index contributed by atoms with van der Waals surface area (Å²) >= 11 is 7.12. The van der Waals surface area contributed by atoms with E-state index in [0.717, 1.165) is 5.69 Å². The van der Waals surface area contributed by atoms with Crippen LogP contribution in [0.15, 0.2) is 58.6 Å². The van der Waals surface area contributed by atoms with Crippen LogP contribution in [0.1, 0.15) is 25.3 Å². The molecular formula is C18H19ClN4O2S2. The second-order valence-electron chi connectivity index (χ2n) is 6.24. The van der Waals surface area contributed by atoms with E-state index in [-0.39, 0.29) is 10.6 Å². The van der Waals surface area contributed by atoms with E-state index in [0.29, 0.717) is 21.8 Å². The van der Waals surface area contributed by atoms with Crippen LogP contribution in [0, 0.1) is 0 Å². The fraction of sp³-hybridized carbons (Fsp3) is 0.278. The summed E-state index contributed by atoms with van der Waals surface area (Å²) in [7, 11) is -3.38. The van der Waals surface area contributed by atoms with Crippen LogP contribution in [-0.2, 0) is 9.84 Å². The van der Waals surface area contributed by atoms with Crippen LogP contribution in [0.3, 0.4) is 0 Å². The Morgan fingerprint density at radius 2 is 1.74 bits per heavy atom. The average molecular weight is 423 g/mol. The molecule has 0 aliphatic carbocycles. The molecule has 27 heavy (non-hydrogen) atoms. The fourth-order valence-corrected chi connectivity index (χ4v) is 5.10. The average Bonchev–Trinajstić information content (AvgIpc) is 3.10. The summed E-state index contributed by atoms with van der Waals surface area (Å²) in [6.07, 6.45) is 0. The van der Waals surface area contributed by atoms with Crippen molar-refractivity contribution in [2.45, 2.75) is 29.8 Å². The van der Waals surface area contributed by atoms with Crippen LogP contribution in [-0.4, -0.2) is 40.1 Å². The van der Waals surface area contributed by atoms with E-state index in [2.05, 4.69) is 29.4 Å². The zero-order chi connectivity index (χ0) is 19.4. The molecule has 0 saturated heterocycles. The quantitative estimate of drug-likeness (QED) is 0.535. The van der Waals surface area contributed by atoms with Crippen molar-refractivity contribution in [1.29, 1.82) is 0 Å². The van der Waals surface area contributed by atoms with Crippen molar-refractivity contribution in [1.82, 2.24) is 20.2 Å². The Bertz CT molecular complexity index is 1000. The topological polar surface area (TPSA) is 77.7 Å². The van der Waals surface area contributed by atoms with Gasteiger partial charge in [0.1, 0.15) is 0 Å². The van der Waals surface area contributed by atoms with Crippen molar-refractivity contribution in [3.05, 3.63) is 59.1 Å². The lowest BCUT2D eigenvalue weighted by Gasteiger charge is -2.08. The minimum absolute atomic E-state index is 0.0154. The maximum atomic E-state index is 12.4. The van der Waals surface area contributed by atoms with E-state index in [1.165, 1.54) is 29.5 Å². The molecular weight excluding hydrogens is 404 g/mol. The molecule has 2 aromatic carbocycles. The number of halogens is 1. The van der Waals surface area contributed by atoms with Crippen molar-refractivity contribution in [2.75, 3.05) is 11.5 Å². The van der Waals surface area contributed by atoms with Crippen molar-refractivity contribution < 1.29 is 8.42 Å². The highest BCUT2D eigenvalue weighted by Gasteiger charge is 2.16. The molecule has 1 aromatic heterocycles. The number of hydrogen-bond acceptors (Lipinski definition) is 6. The number of sulfone groups is 1. The lowest BCUT2D eigenvalue weighted by atomic mass is 10.0. The van der Waals surface area contributed by atoms with Gasteiger partial charge in [-0.1, -0.05) is 49.3 Å². The van der Waals surface area contributed by atoms with Crippen molar-refractivity contribution in [3.8, 4) is 5.69 Å². The van der Waals surface area contributed by atoms with Gasteiger partial charge in [0, 0.05) is 10.8 Å². The molecule has 0 aliphatic rings. The highest BCUT2D eigenvalue weighted by atomic mass is 35.5. The number of benzene rings is 2. The summed E-state index contributed by atoms with van der Waals surface area (Å²) in [6.45, 7) is 4.27. The predicted octanol–water partition coefficient (Wildman–Crippen LogP) is 4.01. The van der Waals surface area contributed by atoms with Gasteiger partial charge in [0.15, 0.2) is 9.84 Å². The minimum atomic E-state index is -3.38. The van der Waals surface area contributed by atoms with Crippen LogP contribution in [0.4, 0.5) is 0 Å². The van der Waals surface area contributed by atoms with Gasteiger partial charge in [-0.2, -0.15) is 4.68 Å². The van der Waals surface area contributed by atoms with E-state index in [1.807, 2.05) is 24.3 Å². The molecule has 0 N–H and O–H groups in total. The van der Waals surface area contributed by atoms with E-state index >= 15 is 0 Å². The van der Waals surface area contributed by atoms with Gasteiger partial charge in [0.25, 0.3) is 0 Å². The Morgan fingerprint density at radius 1 is 1.07 bits per heavy atom. The van der Waals surface area contributed by atoms with Crippen molar-refractivity contribution in [2.24, 2.45) is 0 Å². The Balaban J connectivity index is 1.67. The molecule has 3 rings (SSSR count). The molecule has 1 heterocycles. The Morgan fingerprint density at radius 3 is 2.37 bits per heavy atom. The van der Waals surface area contributed by atoms with E-state index in [9.17, 15) is 8.42 Å². The number of aromatic nitrogens is 4. The number of rotatable bonds is 7. The first-order valence-electron chi connectivity index (χ1n) is 8.36. The predicted molar refractivity (Wildman–Crippen MR) is 107 cm³/mol.